The lowest BCUT2D eigenvalue weighted by Gasteiger charge is -2.16. The molecular formula is C15H29IN2OS. The van der Waals surface area contributed by atoms with Crippen molar-refractivity contribution in [2.75, 3.05) is 19.3 Å². The summed E-state index contributed by atoms with van der Waals surface area (Å²) in [7, 11) is 2.03. The van der Waals surface area contributed by atoms with Crippen LogP contribution in [0, 0.1) is 5.92 Å². The zero-order valence-electron chi connectivity index (χ0n) is 13.0. The van der Waals surface area contributed by atoms with Crippen LogP contribution >= 0.6 is 34.4 Å². The first kappa shape index (κ1) is 18.7. The van der Waals surface area contributed by atoms with Gasteiger partial charge >= 0.3 is 0 Å². The number of thioether (sulfide) groups is 1. The highest BCUT2D eigenvalue weighted by Crippen LogP contribution is 2.27. The summed E-state index contributed by atoms with van der Waals surface area (Å²) in [6, 6.07) is 1.13. The van der Waals surface area contributed by atoms with E-state index in [1.165, 1.54) is 24.6 Å². The van der Waals surface area contributed by atoms with Crippen LogP contribution < -0.4 is 10.6 Å². The van der Waals surface area contributed by atoms with E-state index in [4.69, 9.17) is 0 Å². The van der Waals surface area contributed by atoms with Gasteiger partial charge in [-0.2, -0.15) is 0 Å². The van der Waals surface area contributed by atoms with E-state index in [-0.39, 0.29) is 0 Å². The summed E-state index contributed by atoms with van der Waals surface area (Å²) in [6.45, 7) is 5.34. The monoisotopic (exact) mass is 412 g/mol. The number of rotatable bonds is 7. The normalized spacial score (nSPS) is 26.8. The van der Waals surface area contributed by atoms with Crippen LogP contribution in [-0.4, -0.2) is 40.5 Å². The Kier molecular flexibility index (Phi) is 9.74. The summed E-state index contributed by atoms with van der Waals surface area (Å²) < 4.78 is 0.619. The third-order valence-electron chi connectivity index (χ3n) is 4.21. The molecular weight excluding hydrogens is 383 g/mol. The van der Waals surface area contributed by atoms with Crippen LogP contribution in [0.4, 0.5) is 0 Å². The molecule has 118 valence electrons. The second-order valence-corrected chi connectivity index (χ2v) is 8.84. The first-order valence-corrected chi connectivity index (χ1v) is 9.99. The molecule has 0 aromatic rings. The minimum Gasteiger partial charge on any atom is -0.317 e. The minimum atomic E-state index is 0.291. The van der Waals surface area contributed by atoms with E-state index in [9.17, 15) is 4.79 Å². The van der Waals surface area contributed by atoms with Crippen molar-refractivity contribution >= 4 is 39.5 Å². The van der Waals surface area contributed by atoms with Gasteiger partial charge in [0.25, 0.3) is 0 Å². The van der Waals surface area contributed by atoms with E-state index in [1.807, 2.05) is 7.05 Å². The van der Waals surface area contributed by atoms with Crippen LogP contribution in [0.3, 0.4) is 0 Å². The zero-order chi connectivity index (χ0) is 15.0. The number of hydrogen-bond donors (Lipinski definition) is 2. The SMILES string of the molecule is CNC1CCCC(C(=O)SCCN[C@@H](C)C(C)I)CC1. The molecule has 0 bridgehead atoms. The molecule has 0 radical (unpaired) electrons. The summed E-state index contributed by atoms with van der Waals surface area (Å²) >= 11 is 3.97. The van der Waals surface area contributed by atoms with Crippen LogP contribution in [0.1, 0.15) is 46.0 Å². The fraction of sp³-hybridized carbons (Fsp3) is 0.933. The third-order valence-corrected chi connectivity index (χ3v) is 6.32. The fourth-order valence-corrected chi connectivity index (χ4v) is 3.69. The van der Waals surface area contributed by atoms with E-state index < -0.39 is 0 Å². The molecule has 3 nitrogen and oxygen atoms in total. The minimum absolute atomic E-state index is 0.291. The van der Waals surface area contributed by atoms with Gasteiger partial charge in [0.1, 0.15) is 0 Å². The van der Waals surface area contributed by atoms with Gasteiger partial charge in [-0.25, -0.2) is 0 Å². The lowest BCUT2D eigenvalue weighted by Crippen LogP contribution is -2.34. The molecule has 0 heterocycles. The highest BCUT2D eigenvalue weighted by atomic mass is 127. The van der Waals surface area contributed by atoms with Crippen LogP contribution in [0.2, 0.25) is 0 Å². The molecule has 4 atom stereocenters. The van der Waals surface area contributed by atoms with Gasteiger partial charge in [0.15, 0.2) is 5.12 Å². The van der Waals surface area contributed by atoms with Gasteiger partial charge in [-0.05, 0) is 39.7 Å². The number of nitrogens with one attached hydrogen (secondary N) is 2. The lowest BCUT2D eigenvalue weighted by molar-refractivity contribution is -0.114. The van der Waals surface area contributed by atoms with Crippen molar-refractivity contribution in [1.29, 1.82) is 0 Å². The van der Waals surface area contributed by atoms with Crippen molar-refractivity contribution in [3.05, 3.63) is 0 Å². The van der Waals surface area contributed by atoms with E-state index >= 15 is 0 Å². The van der Waals surface area contributed by atoms with Crippen molar-refractivity contribution in [3.8, 4) is 0 Å². The highest BCUT2D eigenvalue weighted by Gasteiger charge is 2.23. The molecule has 3 unspecified atom stereocenters. The molecule has 1 aliphatic rings. The van der Waals surface area contributed by atoms with E-state index in [0.717, 1.165) is 31.6 Å². The number of hydrogen-bond acceptors (Lipinski definition) is 4. The Morgan fingerprint density at radius 3 is 2.70 bits per heavy atom. The summed E-state index contributed by atoms with van der Waals surface area (Å²) in [5.41, 5.74) is 0. The van der Waals surface area contributed by atoms with Gasteiger partial charge in [0.2, 0.25) is 0 Å². The van der Waals surface area contributed by atoms with Gasteiger partial charge in [0.05, 0.1) is 0 Å². The number of halogens is 1. The van der Waals surface area contributed by atoms with E-state index in [0.29, 0.717) is 27.0 Å². The van der Waals surface area contributed by atoms with Crippen LogP contribution in [0.25, 0.3) is 0 Å². The fourth-order valence-electron chi connectivity index (χ4n) is 2.54. The second-order valence-electron chi connectivity index (χ2n) is 5.78. The number of alkyl halides is 1. The molecule has 0 aromatic heterocycles. The van der Waals surface area contributed by atoms with Crippen LogP contribution in [0.5, 0.6) is 0 Å². The molecule has 20 heavy (non-hydrogen) atoms. The third kappa shape index (κ3) is 7.09. The Balaban J connectivity index is 2.19. The topological polar surface area (TPSA) is 41.1 Å². The predicted molar refractivity (Wildman–Crippen MR) is 97.8 cm³/mol. The quantitative estimate of drug-likeness (QED) is 0.292. The first-order chi connectivity index (χ1) is 9.54. The lowest BCUT2D eigenvalue weighted by atomic mass is 10.0. The van der Waals surface area contributed by atoms with Crippen molar-refractivity contribution in [2.24, 2.45) is 5.92 Å². The summed E-state index contributed by atoms with van der Waals surface area (Å²) in [6.07, 6.45) is 5.70. The van der Waals surface area contributed by atoms with E-state index in [2.05, 4.69) is 47.1 Å². The molecule has 1 saturated carbocycles. The second kappa shape index (κ2) is 10.4. The summed E-state index contributed by atoms with van der Waals surface area (Å²) in [4.78, 5) is 12.2. The summed E-state index contributed by atoms with van der Waals surface area (Å²) in [5, 5.41) is 7.24. The Bertz CT molecular complexity index is 289. The molecule has 0 spiro atoms. The maximum absolute atomic E-state index is 12.2. The predicted octanol–water partition coefficient (Wildman–Crippen LogP) is 3.22. The Labute approximate surface area is 141 Å². The van der Waals surface area contributed by atoms with Crippen LogP contribution in [-0.2, 0) is 4.79 Å². The maximum Gasteiger partial charge on any atom is 0.192 e. The molecule has 1 aliphatic carbocycles. The van der Waals surface area contributed by atoms with Crippen molar-refractivity contribution in [2.45, 2.75) is 62.0 Å². The van der Waals surface area contributed by atoms with E-state index in [1.54, 1.807) is 0 Å². The van der Waals surface area contributed by atoms with Gasteiger partial charge in [-0.15, -0.1) is 0 Å². The molecule has 5 heteroatoms. The molecule has 0 aliphatic heterocycles. The largest absolute Gasteiger partial charge is 0.317 e. The average Bonchev–Trinajstić information content (AvgIpc) is 2.68. The Morgan fingerprint density at radius 1 is 1.30 bits per heavy atom. The van der Waals surface area contributed by atoms with Gasteiger partial charge in [-0.1, -0.05) is 47.7 Å². The van der Waals surface area contributed by atoms with Crippen molar-refractivity contribution in [1.82, 2.24) is 10.6 Å². The summed E-state index contributed by atoms with van der Waals surface area (Å²) in [5.74, 6) is 1.19. The average molecular weight is 412 g/mol. The number of carbonyl (C=O) groups is 1. The smallest absolute Gasteiger partial charge is 0.192 e. The number of carbonyl (C=O) groups excluding carboxylic acids is 1. The first-order valence-electron chi connectivity index (χ1n) is 7.76. The van der Waals surface area contributed by atoms with Crippen molar-refractivity contribution < 1.29 is 4.79 Å². The van der Waals surface area contributed by atoms with Gasteiger partial charge < -0.3 is 10.6 Å². The highest BCUT2D eigenvalue weighted by molar-refractivity contribution is 14.1. The maximum atomic E-state index is 12.2. The Morgan fingerprint density at radius 2 is 2.05 bits per heavy atom. The molecule has 0 saturated heterocycles. The van der Waals surface area contributed by atoms with Crippen molar-refractivity contribution in [3.63, 3.8) is 0 Å². The molecule has 1 fully saturated rings. The molecule has 2 N–H and O–H groups in total. The van der Waals surface area contributed by atoms with Crippen LogP contribution in [0.15, 0.2) is 0 Å². The zero-order valence-corrected chi connectivity index (χ0v) is 15.9. The molecule has 1 rings (SSSR count). The standard InChI is InChI=1S/C15H29IN2OS/c1-11(16)12(2)18-9-10-20-15(19)13-5-4-6-14(17-3)8-7-13/h11-14,17-18H,4-10H2,1-3H3/t11?,12-,13?,14?/m0/s1. The van der Waals surface area contributed by atoms with Gasteiger partial charge in [0, 0.05) is 34.2 Å². The van der Waals surface area contributed by atoms with Gasteiger partial charge in [-0.3, -0.25) is 4.79 Å². The molecule has 0 amide bonds. The molecule has 0 aromatic carbocycles. The Hall–Kier alpha value is 0.670.